The van der Waals surface area contributed by atoms with Gasteiger partial charge in [-0.3, -0.25) is 4.18 Å². The van der Waals surface area contributed by atoms with E-state index < -0.39 is 16.2 Å². The van der Waals surface area contributed by atoms with Gasteiger partial charge in [-0.15, -0.1) is 0 Å². The normalized spacial score (nSPS) is 12.8. The molecular formula is C15H14INO4S. The Kier molecular flexibility index (Phi) is 5.68. The number of hydrogen-bond acceptors (Lipinski definition) is 5. The van der Waals surface area contributed by atoms with Crippen molar-refractivity contribution in [1.29, 1.82) is 0 Å². The molecule has 1 aromatic heterocycles. The molecule has 0 aliphatic rings. The van der Waals surface area contributed by atoms with E-state index in [0.29, 0.717) is 5.56 Å². The molecule has 2 aromatic rings. The lowest BCUT2D eigenvalue weighted by atomic mass is 10.2. The molecule has 0 aliphatic heterocycles. The standard InChI is InChI=1S/C15H14INO4S/c1-2-11-3-6-13(7-4-11)22(19,20)21-10-14(18)12-5-8-15(16)17-9-12/h2-9,14,18H,1,10H2/t14-/m0/s1. The lowest BCUT2D eigenvalue weighted by Crippen LogP contribution is -2.13. The molecule has 0 radical (unpaired) electrons. The van der Waals surface area contributed by atoms with Crippen LogP contribution in [0.1, 0.15) is 17.2 Å². The maximum Gasteiger partial charge on any atom is 0.297 e. The fourth-order valence-electron chi connectivity index (χ4n) is 1.67. The monoisotopic (exact) mass is 431 g/mol. The van der Waals surface area contributed by atoms with E-state index in [4.69, 9.17) is 4.18 Å². The summed E-state index contributed by atoms with van der Waals surface area (Å²) < 4.78 is 29.8. The summed E-state index contributed by atoms with van der Waals surface area (Å²) in [6.07, 6.45) is 2.04. The zero-order valence-corrected chi connectivity index (χ0v) is 14.5. The smallest absolute Gasteiger partial charge is 0.297 e. The third kappa shape index (κ3) is 4.35. The van der Waals surface area contributed by atoms with E-state index in [9.17, 15) is 13.5 Å². The summed E-state index contributed by atoms with van der Waals surface area (Å²) in [4.78, 5) is 4.07. The molecule has 1 N–H and O–H groups in total. The van der Waals surface area contributed by atoms with Gasteiger partial charge in [0.05, 0.1) is 11.5 Å². The van der Waals surface area contributed by atoms with Crippen LogP contribution in [0, 0.1) is 3.70 Å². The van der Waals surface area contributed by atoms with E-state index in [0.717, 1.165) is 9.26 Å². The zero-order valence-electron chi connectivity index (χ0n) is 11.5. The molecule has 1 atom stereocenters. The summed E-state index contributed by atoms with van der Waals surface area (Å²) in [5, 5.41) is 9.96. The number of rotatable bonds is 6. The maximum atomic E-state index is 12.0. The van der Waals surface area contributed by atoms with Crippen molar-refractivity contribution in [3.63, 3.8) is 0 Å². The van der Waals surface area contributed by atoms with Gasteiger partial charge in [0.25, 0.3) is 10.1 Å². The van der Waals surface area contributed by atoms with Crippen LogP contribution in [0.4, 0.5) is 0 Å². The summed E-state index contributed by atoms with van der Waals surface area (Å²) in [5.74, 6) is 0. The van der Waals surface area contributed by atoms with E-state index in [1.165, 1.54) is 18.3 Å². The Balaban J connectivity index is 2.05. The van der Waals surface area contributed by atoms with Crippen LogP contribution in [-0.2, 0) is 14.3 Å². The Labute approximate surface area is 142 Å². The third-order valence-corrected chi connectivity index (χ3v) is 4.85. The van der Waals surface area contributed by atoms with Crippen LogP contribution in [0.2, 0.25) is 0 Å². The van der Waals surface area contributed by atoms with Crippen molar-refractivity contribution in [2.24, 2.45) is 0 Å². The van der Waals surface area contributed by atoms with Crippen molar-refractivity contribution >= 4 is 38.8 Å². The predicted octanol–water partition coefficient (Wildman–Crippen LogP) is 2.77. The van der Waals surface area contributed by atoms with Gasteiger partial charge in [0, 0.05) is 11.8 Å². The lowest BCUT2D eigenvalue weighted by molar-refractivity contribution is 0.111. The molecule has 0 amide bonds. The number of aliphatic hydroxyl groups excluding tert-OH is 1. The largest absolute Gasteiger partial charge is 0.386 e. The number of halogens is 1. The molecule has 0 saturated heterocycles. The fraction of sp³-hybridized carbons (Fsp3) is 0.133. The molecule has 0 aliphatic carbocycles. The van der Waals surface area contributed by atoms with Crippen molar-refractivity contribution in [1.82, 2.24) is 4.98 Å². The van der Waals surface area contributed by atoms with E-state index in [-0.39, 0.29) is 11.5 Å². The Morgan fingerprint density at radius 2 is 1.95 bits per heavy atom. The Morgan fingerprint density at radius 1 is 1.27 bits per heavy atom. The summed E-state index contributed by atoms with van der Waals surface area (Å²) >= 11 is 2.04. The first-order valence-electron chi connectivity index (χ1n) is 6.34. The molecule has 5 nitrogen and oxygen atoms in total. The van der Waals surface area contributed by atoms with Gasteiger partial charge in [-0.05, 0) is 46.4 Å². The minimum atomic E-state index is -3.91. The quantitative estimate of drug-likeness (QED) is 0.433. The molecule has 0 fully saturated rings. The van der Waals surface area contributed by atoms with Gasteiger partial charge in [0.2, 0.25) is 0 Å². The Bertz CT molecular complexity index is 742. The highest BCUT2D eigenvalue weighted by atomic mass is 127. The van der Waals surface area contributed by atoms with Crippen LogP contribution in [0.5, 0.6) is 0 Å². The lowest BCUT2D eigenvalue weighted by Gasteiger charge is -2.11. The minimum Gasteiger partial charge on any atom is -0.386 e. The first kappa shape index (κ1) is 17.1. The van der Waals surface area contributed by atoms with Crippen LogP contribution in [-0.4, -0.2) is 25.1 Å². The van der Waals surface area contributed by atoms with Gasteiger partial charge in [-0.2, -0.15) is 8.42 Å². The fourth-order valence-corrected chi connectivity index (χ4v) is 2.91. The molecule has 1 aromatic carbocycles. The van der Waals surface area contributed by atoms with Crippen LogP contribution in [0.3, 0.4) is 0 Å². The molecule has 0 spiro atoms. The number of hydrogen-bond donors (Lipinski definition) is 1. The van der Waals surface area contributed by atoms with Gasteiger partial charge < -0.3 is 5.11 Å². The van der Waals surface area contributed by atoms with Gasteiger partial charge in [-0.1, -0.05) is 30.9 Å². The number of nitrogens with zero attached hydrogens (tertiary/aromatic N) is 1. The average Bonchev–Trinajstić information content (AvgIpc) is 2.53. The van der Waals surface area contributed by atoms with Crippen molar-refractivity contribution in [3.8, 4) is 0 Å². The van der Waals surface area contributed by atoms with Gasteiger partial charge in [-0.25, -0.2) is 4.98 Å². The molecule has 0 unspecified atom stereocenters. The second-order valence-corrected chi connectivity index (χ2v) is 7.16. The third-order valence-electron chi connectivity index (χ3n) is 2.92. The minimum absolute atomic E-state index is 0.0334. The number of pyridine rings is 1. The van der Waals surface area contributed by atoms with Crippen LogP contribution >= 0.6 is 22.6 Å². The highest BCUT2D eigenvalue weighted by molar-refractivity contribution is 14.1. The molecule has 2 rings (SSSR count). The molecule has 7 heteroatoms. The summed E-state index contributed by atoms with van der Waals surface area (Å²) in [6, 6.07) is 9.53. The van der Waals surface area contributed by atoms with Crippen LogP contribution < -0.4 is 0 Å². The van der Waals surface area contributed by atoms with E-state index in [2.05, 4.69) is 11.6 Å². The number of aliphatic hydroxyl groups is 1. The zero-order chi connectivity index (χ0) is 16.2. The van der Waals surface area contributed by atoms with E-state index >= 15 is 0 Å². The maximum absolute atomic E-state index is 12.0. The SMILES string of the molecule is C=Cc1ccc(S(=O)(=O)OC[C@H](O)c2ccc(I)nc2)cc1. The summed E-state index contributed by atoms with van der Waals surface area (Å²) in [5.41, 5.74) is 1.31. The first-order chi connectivity index (χ1) is 10.4. The molecule has 22 heavy (non-hydrogen) atoms. The Hall–Kier alpha value is -1.29. The highest BCUT2D eigenvalue weighted by Crippen LogP contribution is 2.18. The van der Waals surface area contributed by atoms with Gasteiger partial charge in [0.15, 0.2) is 0 Å². The average molecular weight is 431 g/mol. The molecule has 116 valence electrons. The Morgan fingerprint density at radius 3 is 2.50 bits per heavy atom. The van der Waals surface area contributed by atoms with Gasteiger partial charge >= 0.3 is 0 Å². The predicted molar refractivity (Wildman–Crippen MR) is 91.6 cm³/mol. The second-order valence-electron chi connectivity index (χ2n) is 4.44. The van der Waals surface area contributed by atoms with Crippen molar-refractivity contribution in [2.75, 3.05) is 6.61 Å². The topological polar surface area (TPSA) is 76.5 Å². The second kappa shape index (κ2) is 7.32. The molecule has 0 bridgehead atoms. The first-order valence-corrected chi connectivity index (χ1v) is 8.82. The van der Waals surface area contributed by atoms with Crippen molar-refractivity contribution in [2.45, 2.75) is 11.0 Å². The van der Waals surface area contributed by atoms with Crippen molar-refractivity contribution < 1.29 is 17.7 Å². The van der Waals surface area contributed by atoms with E-state index in [1.807, 2.05) is 22.6 Å². The summed E-state index contributed by atoms with van der Waals surface area (Å²) in [7, 11) is -3.91. The molecular weight excluding hydrogens is 417 g/mol. The summed E-state index contributed by atoms with van der Waals surface area (Å²) in [6.45, 7) is 3.23. The highest BCUT2D eigenvalue weighted by Gasteiger charge is 2.18. The number of aromatic nitrogens is 1. The van der Waals surface area contributed by atoms with E-state index in [1.54, 1.807) is 30.3 Å². The van der Waals surface area contributed by atoms with Crippen molar-refractivity contribution in [3.05, 3.63) is 64.0 Å². The van der Waals surface area contributed by atoms with Crippen LogP contribution in [0.15, 0.2) is 54.1 Å². The molecule has 0 saturated carbocycles. The van der Waals surface area contributed by atoms with Crippen LogP contribution in [0.25, 0.3) is 6.08 Å². The number of benzene rings is 1. The molecule has 1 heterocycles. The van der Waals surface area contributed by atoms with Gasteiger partial charge in [0.1, 0.15) is 9.80 Å².